The van der Waals surface area contributed by atoms with Crippen molar-refractivity contribution in [2.75, 3.05) is 35.5 Å². The van der Waals surface area contributed by atoms with Gasteiger partial charge in [-0.15, -0.1) is 0 Å². The van der Waals surface area contributed by atoms with Gasteiger partial charge in [-0.2, -0.15) is 13.2 Å². The zero-order valence-corrected chi connectivity index (χ0v) is 23.0. The number of aromatic hydroxyl groups is 1. The molecule has 3 aromatic rings. The molecule has 212 valence electrons. The van der Waals surface area contributed by atoms with Crippen molar-refractivity contribution in [3.63, 3.8) is 0 Å². The van der Waals surface area contributed by atoms with Crippen LogP contribution in [0.2, 0.25) is 0 Å². The summed E-state index contributed by atoms with van der Waals surface area (Å²) in [5.41, 5.74) is -2.38. The van der Waals surface area contributed by atoms with Gasteiger partial charge >= 0.3 is 6.18 Å². The van der Waals surface area contributed by atoms with Crippen molar-refractivity contribution in [1.82, 2.24) is 0 Å². The van der Waals surface area contributed by atoms with Gasteiger partial charge in [-0.3, -0.25) is 4.79 Å². The van der Waals surface area contributed by atoms with Crippen LogP contribution in [0.1, 0.15) is 49.0 Å². The number of ketones is 1. The first kappa shape index (κ1) is 29.7. The largest absolute Gasteiger partial charge is 0.507 e. The van der Waals surface area contributed by atoms with Gasteiger partial charge in [0, 0.05) is 22.3 Å². The Kier molecular flexibility index (Phi) is 9.09. The summed E-state index contributed by atoms with van der Waals surface area (Å²) in [5, 5.41) is 11.3. The maximum Gasteiger partial charge on any atom is 0.417 e. The maximum absolute atomic E-state index is 15.1. The number of hydrogen-bond acceptors (Lipinski definition) is 7. The standard InChI is InChI=1S/C29H33F3O7/c1-8-10-15(9-2)25(33)23-24(29(30,31)32)21(16-11-12-18(35-3)19(13-16)36-4)22-17(26(23)34)14-20(37-5)27(38-6)28(22)39-7/h11-15,34H,8-10H2,1-7H3. The van der Waals surface area contributed by atoms with Crippen LogP contribution >= 0.6 is 0 Å². The minimum Gasteiger partial charge on any atom is -0.507 e. The maximum atomic E-state index is 15.1. The summed E-state index contributed by atoms with van der Waals surface area (Å²) >= 11 is 0. The van der Waals surface area contributed by atoms with E-state index in [1.165, 1.54) is 59.8 Å². The highest BCUT2D eigenvalue weighted by molar-refractivity contribution is 6.15. The Labute approximate surface area is 225 Å². The smallest absolute Gasteiger partial charge is 0.417 e. The molecule has 1 unspecified atom stereocenters. The van der Waals surface area contributed by atoms with Gasteiger partial charge < -0.3 is 28.8 Å². The second-order valence-corrected chi connectivity index (χ2v) is 8.87. The highest BCUT2D eigenvalue weighted by Crippen LogP contribution is 2.55. The fourth-order valence-corrected chi connectivity index (χ4v) is 4.97. The Balaban J connectivity index is 2.72. The lowest BCUT2D eigenvalue weighted by molar-refractivity contribution is -0.137. The topological polar surface area (TPSA) is 83.5 Å². The van der Waals surface area contributed by atoms with Crippen LogP contribution < -0.4 is 23.7 Å². The average molecular weight is 551 g/mol. The summed E-state index contributed by atoms with van der Waals surface area (Å²) in [6.07, 6.45) is -3.78. The monoisotopic (exact) mass is 550 g/mol. The van der Waals surface area contributed by atoms with Crippen molar-refractivity contribution in [2.45, 2.75) is 39.3 Å². The number of phenolic OH excluding ortho intramolecular Hbond substituents is 1. The third-order valence-electron chi connectivity index (χ3n) is 6.77. The zero-order chi connectivity index (χ0) is 29.1. The Morgan fingerprint density at radius 3 is 1.97 bits per heavy atom. The van der Waals surface area contributed by atoms with E-state index in [1.807, 2.05) is 6.92 Å². The van der Waals surface area contributed by atoms with Crippen molar-refractivity contribution in [2.24, 2.45) is 5.92 Å². The van der Waals surface area contributed by atoms with Crippen LogP contribution in [0.4, 0.5) is 13.2 Å². The molecule has 3 rings (SSSR count). The molecule has 0 aromatic heterocycles. The van der Waals surface area contributed by atoms with E-state index in [0.29, 0.717) is 25.0 Å². The van der Waals surface area contributed by atoms with E-state index in [1.54, 1.807) is 6.92 Å². The van der Waals surface area contributed by atoms with Gasteiger partial charge in [-0.1, -0.05) is 26.3 Å². The summed E-state index contributed by atoms with van der Waals surface area (Å²) in [5.74, 6) is -1.81. The molecule has 39 heavy (non-hydrogen) atoms. The minimum absolute atomic E-state index is 0.0262. The van der Waals surface area contributed by atoms with Gasteiger partial charge in [0.05, 0.1) is 46.7 Å². The SMILES string of the molecule is CCCC(CC)C(=O)c1c(C(F)(F)F)c(-c2ccc(OC)c(OC)c2)c2c(OC)c(OC)c(OC)cc2c1O. The first-order valence-corrected chi connectivity index (χ1v) is 12.4. The van der Waals surface area contributed by atoms with E-state index < -0.39 is 34.8 Å². The molecule has 0 saturated heterocycles. The third kappa shape index (κ3) is 5.24. The fraction of sp³-hybridized carbons (Fsp3) is 0.414. The number of benzene rings is 3. The second kappa shape index (κ2) is 11.9. The lowest BCUT2D eigenvalue weighted by Gasteiger charge is -2.26. The van der Waals surface area contributed by atoms with Crippen molar-refractivity contribution < 1.29 is 46.8 Å². The van der Waals surface area contributed by atoms with Crippen LogP contribution in [0, 0.1) is 5.92 Å². The van der Waals surface area contributed by atoms with E-state index in [-0.39, 0.29) is 44.9 Å². The quantitative estimate of drug-likeness (QED) is 0.251. The van der Waals surface area contributed by atoms with Crippen LogP contribution in [-0.4, -0.2) is 46.4 Å². The molecule has 0 heterocycles. The second-order valence-electron chi connectivity index (χ2n) is 8.87. The molecule has 1 N–H and O–H groups in total. The Hall–Kier alpha value is -3.82. The molecule has 10 heteroatoms. The first-order valence-electron chi connectivity index (χ1n) is 12.4. The summed E-state index contributed by atoms with van der Waals surface area (Å²) in [4.78, 5) is 13.7. The molecule has 3 aromatic carbocycles. The number of methoxy groups -OCH3 is 5. The van der Waals surface area contributed by atoms with Crippen molar-refractivity contribution in [3.05, 3.63) is 35.4 Å². The summed E-state index contributed by atoms with van der Waals surface area (Å²) in [6, 6.07) is 5.62. The molecule has 1 atom stereocenters. The molecular weight excluding hydrogens is 517 g/mol. The van der Waals surface area contributed by atoms with Crippen molar-refractivity contribution in [3.8, 4) is 45.6 Å². The first-order chi connectivity index (χ1) is 18.5. The predicted octanol–water partition coefficient (Wildman–Crippen LogP) is 7.28. The van der Waals surface area contributed by atoms with E-state index in [9.17, 15) is 9.90 Å². The number of carbonyl (C=O) groups excluding carboxylic acids is 1. The summed E-state index contributed by atoms with van der Waals surface area (Å²) in [7, 11) is 6.71. The molecule has 7 nitrogen and oxygen atoms in total. The Bertz CT molecular complexity index is 1370. The molecule has 0 radical (unpaired) electrons. The van der Waals surface area contributed by atoms with Crippen LogP contribution in [0.5, 0.6) is 34.5 Å². The molecule has 0 saturated carbocycles. The Morgan fingerprint density at radius 1 is 0.872 bits per heavy atom. The van der Waals surface area contributed by atoms with Gasteiger partial charge in [0.15, 0.2) is 28.8 Å². The van der Waals surface area contributed by atoms with Crippen LogP contribution in [0.3, 0.4) is 0 Å². The fourth-order valence-electron chi connectivity index (χ4n) is 4.97. The number of halogens is 3. The number of rotatable bonds is 11. The molecule has 0 fully saturated rings. The molecule has 0 amide bonds. The van der Waals surface area contributed by atoms with E-state index in [2.05, 4.69) is 0 Å². The molecule has 0 aliphatic rings. The molecule has 0 aliphatic carbocycles. The number of carbonyl (C=O) groups is 1. The number of ether oxygens (including phenoxy) is 5. The third-order valence-corrected chi connectivity index (χ3v) is 6.77. The van der Waals surface area contributed by atoms with Gasteiger partial charge in [-0.05, 0) is 36.6 Å². The van der Waals surface area contributed by atoms with E-state index in [0.717, 1.165) is 0 Å². The van der Waals surface area contributed by atoms with Crippen LogP contribution in [-0.2, 0) is 6.18 Å². The van der Waals surface area contributed by atoms with Crippen LogP contribution in [0.25, 0.3) is 21.9 Å². The molecular formula is C29H33F3O7. The van der Waals surface area contributed by atoms with Gasteiger partial charge in [0.25, 0.3) is 0 Å². The number of hydrogen-bond donors (Lipinski definition) is 1. The van der Waals surface area contributed by atoms with Gasteiger partial charge in [0.2, 0.25) is 5.75 Å². The Morgan fingerprint density at radius 2 is 1.49 bits per heavy atom. The van der Waals surface area contributed by atoms with Gasteiger partial charge in [0.1, 0.15) is 5.75 Å². The van der Waals surface area contributed by atoms with E-state index >= 15 is 13.2 Å². The summed E-state index contributed by atoms with van der Waals surface area (Å²) < 4.78 is 72.3. The minimum atomic E-state index is -5.04. The number of fused-ring (bicyclic) bond motifs is 1. The zero-order valence-electron chi connectivity index (χ0n) is 23.0. The lowest BCUT2D eigenvalue weighted by Crippen LogP contribution is -2.21. The average Bonchev–Trinajstić information content (AvgIpc) is 2.93. The molecule has 0 spiro atoms. The van der Waals surface area contributed by atoms with Crippen molar-refractivity contribution in [1.29, 1.82) is 0 Å². The molecule has 0 aliphatic heterocycles. The number of alkyl halides is 3. The van der Waals surface area contributed by atoms with Gasteiger partial charge in [-0.25, -0.2) is 0 Å². The lowest BCUT2D eigenvalue weighted by atomic mass is 9.82. The van der Waals surface area contributed by atoms with Crippen molar-refractivity contribution >= 4 is 16.6 Å². The molecule has 0 bridgehead atoms. The number of phenols is 1. The predicted molar refractivity (Wildman–Crippen MR) is 142 cm³/mol. The number of Topliss-reactive ketones (excluding diaryl/α,β-unsaturated/α-hetero) is 1. The van der Waals surface area contributed by atoms with Crippen LogP contribution in [0.15, 0.2) is 24.3 Å². The highest BCUT2D eigenvalue weighted by atomic mass is 19.4. The van der Waals surface area contributed by atoms with E-state index in [4.69, 9.17) is 23.7 Å². The highest BCUT2D eigenvalue weighted by Gasteiger charge is 2.43. The normalized spacial score (nSPS) is 12.3. The summed E-state index contributed by atoms with van der Waals surface area (Å²) in [6.45, 7) is 3.58.